The number of rotatable bonds is 5. The lowest BCUT2D eigenvalue weighted by Gasteiger charge is -2.11. The van der Waals surface area contributed by atoms with Crippen LogP contribution < -0.4 is 9.78 Å². The maximum absolute atomic E-state index is 5.85. The van der Waals surface area contributed by atoms with Gasteiger partial charge >= 0.3 is 0 Å². The molecule has 0 atom stereocenters. The highest BCUT2D eigenvalue weighted by Crippen LogP contribution is 2.38. The minimum absolute atomic E-state index is 0.616. The molecule has 154 valence electrons. The monoisotopic (exact) mass is 452 g/mol. The standard InChI is InChI=1S/C26H16N2O2S2/c1-5-13-21(17(9-1)25-27-19-11-3-7-15-23(19)31-25)29-30-22-14-6-2-10-18(22)26-28-20-12-4-8-16-24(20)32-26/h1-16H. The van der Waals surface area contributed by atoms with Crippen molar-refractivity contribution in [2.45, 2.75) is 0 Å². The maximum Gasteiger partial charge on any atom is 0.188 e. The van der Waals surface area contributed by atoms with Crippen LogP contribution in [-0.2, 0) is 0 Å². The maximum atomic E-state index is 5.85. The van der Waals surface area contributed by atoms with Crippen LogP contribution in [0.4, 0.5) is 0 Å². The van der Waals surface area contributed by atoms with E-state index in [0.29, 0.717) is 11.5 Å². The Kier molecular flexibility index (Phi) is 4.79. The summed E-state index contributed by atoms with van der Waals surface area (Å²) in [6.45, 7) is 0. The number of benzene rings is 4. The van der Waals surface area contributed by atoms with Gasteiger partial charge in [-0.2, -0.15) is 0 Å². The number of fused-ring (bicyclic) bond motifs is 2. The van der Waals surface area contributed by atoms with Gasteiger partial charge in [-0.05, 0) is 48.5 Å². The zero-order chi connectivity index (χ0) is 21.3. The Balaban J connectivity index is 1.33. The third kappa shape index (κ3) is 3.49. The Bertz CT molecular complexity index is 1370. The van der Waals surface area contributed by atoms with Gasteiger partial charge in [-0.15, -0.1) is 22.7 Å². The van der Waals surface area contributed by atoms with Gasteiger partial charge in [0, 0.05) is 0 Å². The van der Waals surface area contributed by atoms with Gasteiger partial charge in [0.05, 0.1) is 31.6 Å². The van der Waals surface area contributed by atoms with Crippen molar-refractivity contribution in [2.24, 2.45) is 0 Å². The van der Waals surface area contributed by atoms with Gasteiger partial charge in [0.2, 0.25) is 0 Å². The highest BCUT2D eigenvalue weighted by Gasteiger charge is 2.15. The number of hydrogen-bond donors (Lipinski definition) is 0. The first-order chi connectivity index (χ1) is 15.8. The number of para-hydroxylation sites is 4. The van der Waals surface area contributed by atoms with Gasteiger partial charge in [-0.25, -0.2) is 9.97 Å². The minimum Gasteiger partial charge on any atom is -0.289 e. The third-order valence-corrected chi connectivity index (χ3v) is 7.18. The topological polar surface area (TPSA) is 44.2 Å². The summed E-state index contributed by atoms with van der Waals surface area (Å²) >= 11 is 3.27. The van der Waals surface area contributed by atoms with E-state index in [2.05, 4.69) is 12.1 Å². The summed E-state index contributed by atoms with van der Waals surface area (Å²) in [6.07, 6.45) is 0. The van der Waals surface area contributed by atoms with Gasteiger partial charge < -0.3 is 0 Å². The van der Waals surface area contributed by atoms with Crippen LogP contribution in [0, 0.1) is 0 Å². The molecular weight excluding hydrogens is 436 g/mol. The normalized spacial score (nSPS) is 11.1. The largest absolute Gasteiger partial charge is 0.289 e. The van der Waals surface area contributed by atoms with Crippen LogP contribution in [0.2, 0.25) is 0 Å². The number of nitrogens with zero attached hydrogens (tertiary/aromatic N) is 2. The molecule has 0 radical (unpaired) electrons. The molecule has 0 aliphatic rings. The van der Waals surface area contributed by atoms with E-state index in [1.807, 2.05) is 84.9 Å². The average molecular weight is 453 g/mol. The van der Waals surface area contributed by atoms with Crippen molar-refractivity contribution >= 4 is 43.1 Å². The highest BCUT2D eigenvalue weighted by molar-refractivity contribution is 7.22. The van der Waals surface area contributed by atoms with Crippen molar-refractivity contribution in [1.82, 2.24) is 9.97 Å². The van der Waals surface area contributed by atoms with Crippen molar-refractivity contribution in [3.05, 3.63) is 97.1 Å². The summed E-state index contributed by atoms with van der Waals surface area (Å²) in [5.41, 5.74) is 3.74. The second kappa shape index (κ2) is 8.07. The zero-order valence-corrected chi connectivity index (χ0v) is 18.4. The van der Waals surface area contributed by atoms with Gasteiger partial charge in [0.15, 0.2) is 11.5 Å². The molecule has 0 amide bonds. The summed E-state index contributed by atoms with van der Waals surface area (Å²) in [5.74, 6) is 1.23. The highest BCUT2D eigenvalue weighted by atomic mass is 32.1. The molecule has 0 unspecified atom stereocenters. The lowest BCUT2D eigenvalue weighted by atomic mass is 10.2. The molecule has 2 heterocycles. The Morgan fingerprint density at radius 2 is 0.875 bits per heavy atom. The van der Waals surface area contributed by atoms with E-state index in [-0.39, 0.29) is 0 Å². The fourth-order valence-corrected chi connectivity index (χ4v) is 5.49. The van der Waals surface area contributed by atoms with E-state index >= 15 is 0 Å². The van der Waals surface area contributed by atoms with E-state index in [0.717, 1.165) is 41.6 Å². The molecule has 6 heteroatoms. The molecular formula is C26H16N2O2S2. The molecule has 0 spiro atoms. The molecule has 0 aliphatic heterocycles. The molecule has 6 rings (SSSR count). The summed E-state index contributed by atoms with van der Waals surface area (Å²) in [7, 11) is 0. The van der Waals surface area contributed by atoms with Crippen molar-refractivity contribution < 1.29 is 9.78 Å². The van der Waals surface area contributed by atoms with Crippen molar-refractivity contribution in [3.8, 4) is 32.6 Å². The van der Waals surface area contributed by atoms with E-state index in [1.54, 1.807) is 22.7 Å². The Labute approximate surface area is 192 Å². The van der Waals surface area contributed by atoms with E-state index in [4.69, 9.17) is 19.7 Å². The van der Waals surface area contributed by atoms with Gasteiger partial charge in [-0.3, -0.25) is 9.78 Å². The van der Waals surface area contributed by atoms with Crippen molar-refractivity contribution in [1.29, 1.82) is 0 Å². The van der Waals surface area contributed by atoms with Crippen LogP contribution in [0.5, 0.6) is 11.5 Å². The lowest BCUT2D eigenvalue weighted by Crippen LogP contribution is -2.02. The molecule has 0 N–H and O–H groups in total. The quantitative estimate of drug-likeness (QED) is 0.199. The molecule has 32 heavy (non-hydrogen) atoms. The Morgan fingerprint density at radius 1 is 0.469 bits per heavy atom. The molecule has 0 saturated carbocycles. The molecule has 4 aromatic carbocycles. The Morgan fingerprint density at radius 3 is 1.34 bits per heavy atom. The molecule has 0 bridgehead atoms. The first-order valence-electron chi connectivity index (χ1n) is 10.1. The smallest absolute Gasteiger partial charge is 0.188 e. The fourth-order valence-electron chi connectivity index (χ4n) is 3.50. The minimum atomic E-state index is 0.616. The zero-order valence-electron chi connectivity index (χ0n) is 16.8. The third-order valence-electron chi connectivity index (χ3n) is 5.04. The SMILES string of the molecule is c1ccc(-c2nc3ccccc3s2)c(OOc2ccccc2-c2nc3ccccc3s2)c1. The van der Waals surface area contributed by atoms with Crippen molar-refractivity contribution in [3.63, 3.8) is 0 Å². The number of aromatic nitrogens is 2. The summed E-state index contributed by atoms with van der Waals surface area (Å²) < 4.78 is 2.28. The van der Waals surface area contributed by atoms with Crippen LogP contribution in [0.3, 0.4) is 0 Å². The molecule has 0 saturated heterocycles. The van der Waals surface area contributed by atoms with E-state index < -0.39 is 0 Å². The van der Waals surface area contributed by atoms with Crippen molar-refractivity contribution in [2.75, 3.05) is 0 Å². The van der Waals surface area contributed by atoms with Gasteiger partial charge in [-0.1, -0.05) is 48.5 Å². The van der Waals surface area contributed by atoms with E-state index in [1.165, 1.54) is 0 Å². The predicted molar refractivity (Wildman–Crippen MR) is 131 cm³/mol. The summed E-state index contributed by atoms with van der Waals surface area (Å²) in [6, 6.07) is 31.8. The summed E-state index contributed by atoms with van der Waals surface area (Å²) in [5, 5.41) is 1.79. The molecule has 0 fully saturated rings. The number of hydrogen-bond acceptors (Lipinski definition) is 6. The molecule has 2 aromatic heterocycles. The Hall–Kier alpha value is -3.74. The first-order valence-corrected chi connectivity index (χ1v) is 11.7. The fraction of sp³-hybridized carbons (Fsp3) is 0. The van der Waals surface area contributed by atoms with Crippen LogP contribution >= 0.6 is 22.7 Å². The lowest BCUT2D eigenvalue weighted by molar-refractivity contribution is -0.0987. The average Bonchev–Trinajstić information content (AvgIpc) is 3.47. The van der Waals surface area contributed by atoms with Gasteiger partial charge in [0.25, 0.3) is 0 Å². The molecule has 0 aliphatic carbocycles. The second-order valence-electron chi connectivity index (χ2n) is 7.13. The van der Waals surface area contributed by atoms with E-state index in [9.17, 15) is 0 Å². The van der Waals surface area contributed by atoms with Crippen LogP contribution in [0.1, 0.15) is 0 Å². The first kappa shape index (κ1) is 19.0. The number of thiazole rings is 2. The van der Waals surface area contributed by atoms with Crippen LogP contribution in [0.25, 0.3) is 41.6 Å². The van der Waals surface area contributed by atoms with Gasteiger partial charge in [0.1, 0.15) is 10.0 Å². The summed E-state index contributed by atoms with van der Waals surface area (Å²) in [4.78, 5) is 21.2. The second-order valence-corrected chi connectivity index (χ2v) is 9.19. The predicted octanol–water partition coefficient (Wildman–Crippen LogP) is 7.61. The van der Waals surface area contributed by atoms with Crippen LogP contribution in [-0.4, -0.2) is 9.97 Å². The molecule has 4 nitrogen and oxygen atoms in total. The molecule has 6 aromatic rings. The van der Waals surface area contributed by atoms with Crippen LogP contribution in [0.15, 0.2) is 97.1 Å².